The van der Waals surface area contributed by atoms with Crippen molar-refractivity contribution in [2.24, 2.45) is 0 Å². The van der Waals surface area contributed by atoms with Gasteiger partial charge in [-0.05, 0) is 25.8 Å². The van der Waals surface area contributed by atoms with Crippen LogP contribution in [-0.4, -0.2) is 29.9 Å². The van der Waals surface area contributed by atoms with Crippen molar-refractivity contribution >= 4 is 23.2 Å². The number of hydrogen-bond donors (Lipinski definition) is 0. The molecule has 1 fully saturated rings. The molecule has 1 saturated carbocycles. The predicted molar refractivity (Wildman–Crippen MR) is 59.5 cm³/mol. The van der Waals surface area contributed by atoms with E-state index in [4.69, 9.17) is 23.2 Å². The topological polar surface area (TPSA) is 3.24 Å². The normalized spacial score (nSPS) is 18.4. The molecule has 0 heterocycles. The Morgan fingerprint density at radius 3 is 2.62 bits per heavy atom. The lowest BCUT2D eigenvalue weighted by atomic mass is 9.91. The predicted octanol–water partition coefficient (Wildman–Crippen LogP) is 3.22. The number of alkyl halides is 1. The average molecular weight is 222 g/mol. The van der Waals surface area contributed by atoms with E-state index in [9.17, 15) is 0 Å². The first-order chi connectivity index (χ1) is 6.38. The Kier molecular flexibility index (Phi) is 5.85. The van der Waals surface area contributed by atoms with Crippen LogP contribution >= 0.6 is 23.2 Å². The fourth-order valence-corrected chi connectivity index (χ4v) is 1.81. The zero-order valence-corrected chi connectivity index (χ0v) is 9.40. The minimum atomic E-state index is 0.758. The first-order valence-electron chi connectivity index (χ1n) is 4.93. The fraction of sp³-hybridized carbons (Fsp3) is 0.800. The van der Waals surface area contributed by atoms with E-state index in [1.807, 2.05) is 6.08 Å². The van der Waals surface area contributed by atoms with Crippen LogP contribution in [0.1, 0.15) is 25.7 Å². The van der Waals surface area contributed by atoms with Crippen LogP contribution in [0.25, 0.3) is 0 Å². The third-order valence-corrected chi connectivity index (χ3v) is 3.04. The van der Waals surface area contributed by atoms with E-state index < -0.39 is 0 Å². The molecule has 0 aliphatic heterocycles. The largest absolute Gasteiger partial charge is 0.297 e. The summed E-state index contributed by atoms with van der Waals surface area (Å²) in [6.07, 6.45) is 7.16. The SMILES string of the molecule is Cl/C=C/CN(CCCCl)C1CCC1. The second kappa shape index (κ2) is 6.69. The molecule has 13 heavy (non-hydrogen) atoms. The Hall–Kier alpha value is 0.280. The van der Waals surface area contributed by atoms with Crippen molar-refractivity contribution in [2.45, 2.75) is 31.7 Å². The summed E-state index contributed by atoms with van der Waals surface area (Å²) in [5.74, 6) is 0.758. The van der Waals surface area contributed by atoms with E-state index in [0.717, 1.165) is 31.4 Å². The van der Waals surface area contributed by atoms with Gasteiger partial charge >= 0.3 is 0 Å². The Morgan fingerprint density at radius 2 is 2.15 bits per heavy atom. The highest BCUT2D eigenvalue weighted by molar-refractivity contribution is 6.25. The van der Waals surface area contributed by atoms with Crippen molar-refractivity contribution < 1.29 is 0 Å². The van der Waals surface area contributed by atoms with Crippen LogP contribution in [0, 0.1) is 0 Å². The van der Waals surface area contributed by atoms with Crippen molar-refractivity contribution in [1.82, 2.24) is 4.90 Å². The number of halogens is 2. The molecule has 0 unspecified atom stereocenters. The van der Waals surface area contributed by atoms with Crippen LogP contribution in [0.15, 0.2) is 11.6 Å². The first-order valence-corrected chi connectivity index (χ1v) is 5.91. The van der Waals surface area contributed by atoms with Gasteiger partial charge in [0.15, 0.2) is 0 Å². The molecule has 0 radical (unpaired) electrons. The molecule has 0 saturated heterocycles. The molecule has 0 aromatic carbocycles. The van der Waals surface area contributed by atoms with Crippen molar-refractivity contribution in [1.29, 1.82) is 0 Å². The number of nitrogens with zero attached hydrogens (tertiary/aromatic N) is 1. The van der Waals surface area contributed by atoms with Gasteiger partial charge in [-0.25, -0.2) is 0 Å². The van der Waals surface area contributed by atoms with Gasteiger partial charge in [0.25, 0.3) is 0 Å². The highest BCUT2D eigenvalue weighted by atomic mass is 35.5. The Bertz CT molecular complexity index is 155. The molecule has 1 nitrogen and oxygen atoms in total. The summed E-state index contributed by atoms with van der Waals surface area (Å²) in [5.41, 5.74) is 1.60. The van der Waals surface area contributed by atoms with E-state index in [-0.39, 0.29) is 0 Å². The minimum Gasteiger partial charge on any atom is -0.297 e. The minimum absolute atomic E-state index is 0.758. The molecule has 0 atom stereocenters. The highest BCUT2D eigenvalue weighted by Crippen LogP contribution is 2.24. The lowest BCUT2D eigenvalue weighted by molar-refractivity contribution is 0.142. The van der Waals surface area contributed by atoms with Crippen LogP contribution < -0.4 is 0 Å². The van der Waals surface area contributed by atoms with Gasteiger partial charge < -0.3 is 0 Å². The van der Waals surface area contributed by atoms with Crippen LogP contribution in [0.3, 0.4) is 0 Å². The number of rotatable bonds is 6. The van der Waals surface area contributed by atoms with E-state index in [1.165, 1.54) is 19.3 Å². The summed E-state index contributed by atoms with van der Waals surface area (Å²) < 4.78 is 0. The summed E-state index contributed by atoms with van der Waals surface area (Å²) in [6, 6.07) is 0.788. The molecule has 0 spiro atoms. The third-order valence-electron chi connectivity index (χ3n) is 2.60. The molecule has 76 valence electrons. The van der Waals surface area contributed by atoms with Crippen LogP contribution in [0.2, 0.25) is 0 Å². The van der Waals surface area contributed by atoms with Gasteiger partial charge in [0.05, 0.1) is 0 Å². The summed E-state index contributed by atoms with van der Waals surface area (Å²) in [6.45, 7) is 2.08. The molecular formula is C10H17Cl2N. The van der Waals surface area contributed by atoms with Crippen molar-refractivity contribution in [3.05, 3.63) is 11.6 Å². The highest BCUT2D eigenvalue weighted by Gasteiger charge is 2.23. The molecule has 1 aliphatic rings. The molecular weight excluding hydrogens is 205 g/mol. The maximum absolute atomic E-state index is 5.67. The quantitative estimate of drug-likeness (QED) is 0.623. The van der Waals surface area contributed by atoms with Crippen LogP contribution in [0.5, 0.6) is 0 Å². The Morgan fingerprint density at radius 1 is 1.38 bits per heavy atom. The van der Waals surface area contributed by atoms with Gasteiger partial charge in [0.2, 0.25) is 0 Å². The third kappa shape index (κ3) is 3.88. The molecule has 0 aromatic rings. The van der Waals surface area contributed by atoms with Gasteiger partial charge in [-0.2, -0.15) is 0 Å². The summed E-state index contributed by atoms with van der Waals surface area (Å²) in [4.78, 5) is 2.48. The standard InChI is InChI=1S/C10H17Cl2N/c11-6-2-8-13(9-3-7-12)10-4-1-5-10/h2,6,10H,1,3-5,7-9H2/b6-2+. The molecule has 3 heteroatoms. The van der Waals surface area contributed by atoms with Gasteiger partial charge in [0, 0.05) is 24.0 Å². The second-order valence-corrected chi connectivity index (χ2v) is 4.11. The summed E-state index contributed by atoms with van der Waals surface area (Å²) in [5, 5.41) is 0. The van der Waals surface area contributed by atoms with E-state index >= 15 is 0 Å². The van der Waals surface area contributed by atoms with Crippen molar-refractivity contribution in [3.63, 3.8) is 0 Å². The fourth-order valence-electron chi connectivity index (χ4n) is 1.61. The van der Waals surface area contributed by atoms with Crippen LogP contribution in [-0.2, 0) is 0 Å². The van der Waals surface area contributed by atoms with Gasteiger partial charge in [0.1, 0.15) is 0 Å². The Balaban J connectivity index is 2.24. The molecule has 1 rings (SSSR count). The monoisotopic (exact) mass is 221 g/mol. The maximum atomic E-state index is 5.67. The average Bonchev–Trinajstić information content (AvgIpc) is 2.06. The van der Waals surface area contributed by atoms with E-state index in [1.54, 1.807) is 5.54 Å². The zero-order chi connectivity index (χ0) is 9.52. The van der Waals surface area contributed by atoms with Crippen molar-refractivity contribution in [2.75, 3.05) is 19.0 Å². The molecule has 0 bridgehead atoms. The van der Waals surface area contributed by atoms with Crippen LogP contribution in [0.4, 0.5) is 0 Å². The summed E-state index contributed by atoms with van der Waals surface area (Å²) >= 11 is 11.2. The lowest BCUT2D eigenvalue weighted by Crippen LogP contribution is -2.40. The Labute approximate surface area is 90.7 Å². The molecule has 0 aromatic heterocycles. The van der Waals surface area contributed by atoms with Gasteiger partial charge in [-0.15, -0.1) is 11.6 Å². The molecule has 0 N–H and O–H groups in total. The maximum Gasteiger partial charge on any atom is 0.0235 e. The first kappa shape index (κ1) is 11.4. The van der Waals surface area contributed by atoms with Gasteiger partial charge in [-0.3, -0.25) is 4.90 Å². The lowest BCUT2D eigenvalue weighted by Gasteiger charge is -2.36. The van der Waals surface area contributed by atoms with E-state index in [0.29, 0.717) is 0 Å². The van der Waals surface area contributed by atoms with E-state index in [2.05, 4.69) is 4.90 Å². The van der Waals surface area contributed by atoms with Gasteiger partial charge in [-0.1, -0.05) is 24.1 Å². The number of hydrogen-bond acceptors (Lipinski definition) is 1. The zero-order valence-electron chi connectivity index (χ0n) is 7.88. The second-order valence-electron chi connectivity index (χ2n) is 3.48. The molecule has 0 amide bonds. The van der Waals surface area contributed by atoms with Crippen molar-refractivity contribution in [3.8, 4) is 0 Å². The summed E-state index contributed by atoms with van der Waals surface area (Å²) in [7, 11) is 0. The molecule has 1 aliphatic carbocycles. The smallest absolute Gasteiger partial charge is 0.0235 e.